The van der Waals surface area contributed by atoms with Crippen LogP contribution in [0.3, 0.4) is 0 Å². The van der Waals surface area contributed by atoms with Crippen molar-refractivity contribution in [1.29, 1.82) is 0 Å². The Kier molecular flexibility index (Phi) is 6.80. The van der Waals surface area contributed by atoms with Crippen molar-refractivity contribution in [3.05, 3.63) is 24.2 Å². The van der Waals surface area contributed by atoms with Gasteiger partial charge in [-0.3, -0.25) is 18.6 Å². The van der Waals surface area contributed by atoms with Crippen LogP contribution >= 0.6 is 11.9 Å². The van der Waals surface area contributed by atoms with Gasteiger partial charge in [0.1, 0.15) is 10.7 Å². The minimum Gasteiger partial charge on any atom is -0.390 e. The Balaban J connectivity index is 1.43. The minimum atomic E-state index is -0.289. The molecule has 3 aliphatic rings. The van der Waals surface area contributed by atoms with Crippen molar-refractivity contribution in [3.8, 4) is 0 Å². The molecule has 4 heterocycles. The van der Waals surface area contributed by atoms with E-state index in [1.54, 1.807) is 12.4 Å². The number of rotatable bonds is 7. The second kappa shape index (κ2) is 9.40. The van der Waals surface area contributed by atoms with E-state index in [0.29, 0.717) is 23.8 Å². The van der Waals surface area contributed by atoms with Crippen LogP contribution in [-0.4, -0.2) is 75.7 Å². The van der Waals surface area contributed by atoms with E-state index in [-0.39, 0.29) is 36.9 Å². The van der Waals surface area contributed by atoms with Crippen molar-refractivity contribution in [2.45, 2.75) is 50.7 Å². The van der Waals surface area contributed by atoms with Crippen molar-refractivity contribution in [2.75, 3.05) is 37.8 Å². The summed E-state index contributed by atoms with van der Waals surface area (Å²) in [6.07, 6.45) is 9.12. The van der Waals surface area contributed by atoms with Crippen LogP contribution in [-0.2, 0) is 6.61 Å². The number of nitrogens with zero attached hydrogens (tertiary/aromatic N) is 6. The highest BCUT2D eigenvalue weighted by Crippen LogP contribution is 2.36. The van der Waals surface area contributed by atoms with E-state index in [4.69, 9.17) is 5.73 Å². The largest absolute Gasteiger partial charge is 0.390 e. The van der Waals surface area contributed by atoms with E-state index >= 15 is 0 Å². The van der Waals surface area contributed by atoms with Crippen LogP contribution < -0.4 is 10.6 Å². The highest BCUT2D eigenvalue weighted by Gasteiger charge is 2.36. The van der Waals surface area contributed by atoms with E-state index in [1.807, 2.05) is 16.6 Å². The maximum atomic E-state index is 12.8. The summed E-state index contributed by atoms with van der Waals surface area (Å²) in [4.78, 5) is 18.2. The number of aliphatic hydroxyl groups excluding tert-OH is 1. The Morgan fingerprint density at radius 2 is 2.10 bits per heavy atom. The molecule has 0 spiro atoms. The molecule has 31 heavy (non-hydrogen) atoms. The molecule has 2 unspecified atom stereocenters. The number of piperidine rings is 1. The monoisotopic (exact) mass is 449 g/mol. The summed E-state index contributed by atoms with van der Waals surface area (Å²) < 4.78 is 14.8. The molecule has 1 aromatic rings. The summed E-state index contributed by atoms with van der Waals surface area (Å²) in [5.41, 5.74) is 6.89. The molecule has 0 aliphatic carbocycles. The number of nitrogens with two attached hydrogens (primary N) is 1. The van der Waals surface area contributed by atoms with Gasteiger partial charge in [-0.15, -0.1) is 0 Å². The number of allylic oxidation sites excluding steroid dienone is 1. The summed E-state index contributed by atoms with van der Waals surface area (Å²) in [5.74, 6) is 0.845. The number of hydrogen-bond donors (Lipinski definition) is 2. The predicted octanol–water partition coefficient (Wildman–Crippen LogP) is 2.01. The zero-order chi connectivity index (χ0) is 22.0. The zero-order valence-corrected chi connectivity index (χ0v) is 19.0. The van der Waals surface area contributed by atoms with Crippen LogP contribution in [0.2, 0.25) is 0 Å². The van der Waals surface area contributed by atoms with E-state index in [2.05, 4.69) is 38.6 Å². The number of anilines is 1. The van der Waals surface area contributed by atoms with Gasteiger partial charge < -0.3 is 15.7 Å². The summed E-state index contributed by atoms with van der Waals surface area (Å²) in [6, 6.07) is 0.150. The van der Waals surface area contributed by atoms with Crippen LogP contribution in [0.15, 0.2) is 28.5 Å². The van der Waals surface area contributed by atoms with Gasteiger partial charge in [0.15, 0.2) is 12.1 Å². The second-order valence-electron chi connectivity index (χ2n) is 8.98. The maximum Gasteiger partial charge on any atom is 0.187 e. The quantitative estimate of drug-likeness (QED) is 0.611. The third-order valence-corrected chi connectivity index (χ3v) is 7.65. The smallest absolute Gasteiger partial charge is 0.187 e. The van der Waals surface area contributed by atoms with Gasteiger partial charge >= 0.3 is 0 Å². The van der Waals surface area contributed by atoms with E-state index < -0.39 is 0 Å². The number of aromatic nitrogens is 2. The molecule has 0 radical (unpaired) electrons. The summed E-state index contributed by atoms with van der Waals surface area (Å²) in [6.45, 7) is 6.96. The molecule has 170 valence electrons. The van der Waals surface area contributed by atoms with Gasteiger partial charge in [-0.25, -0.2) is 9.97 Å². The molecular formula is C21H32FN7OS. The molecule has 1 aromatic heterocycles. The number of aliphatic imine (C=N–C) groups is 1. The lowest BCUT2D eigenvalue weighted by atomic mass is 9.75. The third kappa shape index (κ3) is 4.72. The van der Waals surface area contributed by atoms with E-state index in [1.165, 1.54) is 11.9 Å². The van der Waals surface area contributed by atoms with Crippen molar-refractivity contribution < 1.29 is 9.50 Å². The highest BCUT2D eigenvalue weighted by molar-refractivity contribution is 7.97. The molecule has 0 aromatic carbocycles. The second-order valence-corrected chi connectivity index (χ2v) is 10.0. The lowest BCUT2D eigenvalue weighted by molar-refractivity contribution is 0.0104. The summed E-state index contributed by atoms with van der Waals surface area (Å²) >= 11 is 1.43. The first-order chi connectivity index (χ1) is 14.9. The van der Waals surface area contributed by atoms with Crippen molar-refractivity contribution in [2.24, 2.45) is 22.1 Å². The molecule has 0 bridgehead atoms. The van der Waals surface area contributed by atoms with Gasteiger partial charge in [0, 0.05) is 62.5 Å². The summed E-state index contributed by atoms with van der Waals surface area (Å²) in [5, 5.41) is 10.7. The van der Waals surface area contributed by atoms with Crippen LogP contribution in [0, 0.1) is 11.3 Å². The first-order valence-electron chi connectivity index (χ1n) is 10.9. The highest BCUT2D eigenvalue weighted by atomic mass is 32.2. The zero-order valence-electron chi connectivity index (χ0n) is 18.2. The van der Waals surface area contributed by atoms with Crippen molar-refractivity contribution >= 4 is 24.0 Å². The SMILES string of the molecule is CC(N)C1(C)CCN(c2ncc(SN3C=CC=NC3N3CC(CF)C3)nc2CO)CC1. The Hall–Kier alpha value is -1.75. The van der Waals surface area contributed by atoms with E-state index in [9.17, 15) is 9.50 Å². The first-order valence-corrected chi connectivity index (χ1v) is 11.6. The van der Waals surface area contributed by atoms with Gasteiger partial charge in [-0.05, 0) is 31.3 Å². The van der Waals surface area contributed by atoms with Crippen LogP contribution in [0.25, 0.3) is 0 Å². The van der Waals surface area contributed by atoms with Gasteiger partial charge in [0.05, 0.1) is 19.5 Å². The Morgan fingerprint density at radius 1 is 1.35 bits per heavy atom. The number of hydrogen-bond acceptors (Lipinski definition) is 9. The predicted molar refractivity (Wildman–Crippen MR) is 121 cm³/mol. The van der Waals surface area contributed by atoms with Gasteiger partial charge in [-0.2, -0.15) is 0 Å². The molecule has 2 fully saturated rings. The first kappa shape index (κ1) is 22.4. The number of aliphatic hydroxyl groups is 1. The van der Waals surface area contributed by atoms with Crippen LogP contribution in [0.4, 0.5) is 10.2 Å². The lowest BCUT2D eigenvalue weighted by Crippen LogP contribution is -2.56. The average molecular weight is 450 g/mol. The maximum absolute atomic E-state index is 12.8. The molecular weight excluding hydrogens is 417 g/mol. The molecule has 3 aliphatic heterocycles. The molecule has 0 amide bonds. The fraction of sp³-hybridized carbons (Fsp3) is 0.667. The fourth-order valence-electron chi connectivity index (χ4n) is 4.23. The Morgan fingerprint density at radius 3 is 2.74 bits per heavy atom. The molecule has 8 nitrogen and oxygen atoms in total. The van der Waals surface area contributed by atoms with Crippen molar-refractivity contribution in [3.63, 3.8) is 0 Å². The summed E-state index contributed by atoms with van der Waals surface area (Å²) in [7, 11) is 0. The number of halogens is 1. The van der Waals surface area contributed by atoms with Gasteiger partial charge in [0.2, 0.25) is 0 Å². The molecule has 10 heteroatoms. The van der Waals surface area contributed by atoms with E-state index in [0.717, 1.165) is 31.7 Å². The van der Waals surface area contributed by atoms with Gasteiger partial charge in [-0.1, -0.05) is 6.92 Å². The Labute approximate surface area is 187 Å². The average Bonchev–Trinajstić information content (AvgIpc) is 2.75. The van der Waals surface area contributed by atoms with Crippen molar-refractivity contribution in [1.82, 2.24) is 19.2 Å². The molecule has 2 atom stereocenters. The topological polar surface area (TPSA) is 94.1 Å². The Bertz CT molecular complexity index is 822. The minimum absolute atomic E-state index is 0.0988. The molecule has 3 N–H and O–H groups in total. The third-order valence-electron chi connectivity index (χ3n) is 6.75. The van der Waals surface area contributed by atoms with Gasteiger partial charge in [0.25, 0.3) is 0 Å². The molecule has 0 saturated carbocycles. The molecule has 2 saturated heterocycles. The standard InChI is InChI=1S/C21H32FN7OS/c1-15(23)21(2)4-8-27(9-5-21)19-17(14-30)26-18(11-25-19)31-29-7-3-6-24-20(29)28-12-16(10-22)13-28/h3,6-7,11,15-16,20,30H,4-5,8-10,12-14,23H2,1-2H3. The fourth-order valence-corrected chi connectivity index (χ4v) is 5.11. The normalized spacial score (nSPS) is 25.0. The number of alkyl halides is 1. The number of likely N-dealkylation sites (tertiary alicyclic amines) is 1. The lowest BCUT2D eigenvalue weighted by Gasteiger charge is -2.45. The van der Waals surface area contributed by atoms with Crippen LogP contribution in [0.5, 0.6) is 0 Å². The molecule has 4 rings (SSSR count). The van der Waals surface area contributed by atoms with Crippen LogP contribution in [0.1, 0.15) is 32.4 Å².